The summed E-state index contributed by atoms with van der Waals surface area (Å²) < 4.78 is 0. The van der Waals surface area contributed by atoms with E-state index in [1.54, 1.807) is 0 Å². The number of hydrogen-bond donors (Lipinski definition) is 1. The van der Waals surface area contributed by atoms with Gasteiger partial charge in [-0.25, -0.2) is 0 Å². The second-order valence-corrected chi connectivity index (χ2v) is 5.10. The number of halogens is 1. The molecule has 0 aliphatic heterocycles. The third-order valence-corrected chi connectivity index (χ3v) is 3.57. The Labute approximate surface area is 119 Å². The Morgan fingerprint density at radius 2 is 1.95 bits per heavy atom. The minimum absolute atomic E-state index is 0.332. The van der Waals surface area contributed by atoms with E-state index in [2.05, 4.69) is 42.3 Å². The van der Waals surface area contributed by atoms with E-state index in [0.717, 1.165) is 23.7 Å². The Balaban J connectivity index is 2.04. The number of pyridine rings is 1. The molecular weight excluding hydrogens is 256 g/mol. The first-order valence-electron chi connectivity index (χ1n) is 6.60. The van der Waals surface area contributed by atoms with Crippen molar-refractivity contribution < 1.29 is 0 Å². The van der Waals surface area contributed by atoms with E-state index in [1.165, 1.54) is 11.1 Å². The van der Waals surface area contributed by atoms with Crippen LogP contribution in [0.1, 0.15) is 36.2 Å². The lowest BCUT2D eigenvalue weighted by Gasteiger charge is -2.18. The van der Waals surface area contributed by atoms with E-state index in [1.807, 2.05) is 24.4 Å². The molecular formula is C16H19ClN2. The number of rotatable bonds is 5. The third-order valence-electron chi connectivity index (χ3n) is 3.31. The second kappa shape index (κ2) is 6.69. The van der Waals surface area contributed by atoms with Crippen LogP contribution < -0.4 is 5.32 Å². The first-order valence-corrected chi connectivity index (χ1v) is 6.98. The molecule has 0 aliphatic rings. The molecule has 1 aromatic heterocycles. The summed E-state index contributed by atoms with van der Waals surface area (Å²) in [7, 11) is 0. The van der Waals surface area contributed by atoms with Gasteiger partial charge in [-0.15, -0.1) is 0 Å². The molecule has 1 atom stereocenters. The maximum Gasteiger partial charge on any atom is 0.0570 e. The number of hydrogen-bond acceptors (Lipinski definition) is 2. The molecule has 2 nitrogen and oxygen atoms in total. The summed E-state index contributed by atoms with van der Waals surface area (Å²) in [5, 5.41) is 4.33. The molecule has 19 heavy (non-hydrogen) atoms. The summed E-state index contributed by atoms with van der Waals surface area (Å²) >= 11 is 5.92. The van der Waals surface area contributed by atoms with Crippen LogP contribution in [0.4, 0.5) is 0 Å². The molecule has 0 spiro atoms. The molecule has 100 valence electrons. The van der Waals surface area contributed by atoms with Crippen molar-refractivity contribution in [2.75, 3.05) is 0 Å². The Morgan fingerprint density at radius 1 is 1.21 bits per heavy atom. The molecule has 1 N–H and O–H groups in total. The van der Waals surface area contributed by atoms with Gasteiger partial charge in [0.05, 0.1) is 5.69 Å². The molecule has 0 amide bonds. The van der Waals surface area contributed by atoms with E-state index in [4.69, 9.17) is 11.6 Å². The van der Waals surface area contributed by atoms with Crippen molar-refractivity contribution in [3.05, 3.63) is 64.4 Å². The van der Waals surface area contributed by atoms with Crippen molar-refractivity contribution in [2.24, 2.45) is 0 Å². The molecule has 0 aliphatic carbocycles. The van der Waals surface area contributed by atoms with Crippen LogP contribution in [-0.2, 0) is 6.54 Å². The van der Waals surface area contributed by atoms with E-state index >= 15 is 0 Å². The molecule has 3 heteroatoms. The molecule has 2 aromatic rings. The van der Waals surface area contributed by atoms with Crippen molar-refractivity contribution in [1.82, 2.24) is 10.3 Å². The highest BCUT2D eigenvalue weighted by Crippen LogP contribution is 2.19. The summed E-state index contributed by atoms with van der Waals surface area (Å²) in [5.74, 6) is 0. The number of nitrogens with one attached hydrogen (secondary N) is 1. The normalized spacial score (nSPS) is 12.4. The predicted molar refractivity (Wildman–Crippen MR) is 80.3 cm³/mol. The average molecular weight is 275 g/mol. The van der Waals surface area contributed by atoms with Crippen molar-refractivity contribution in [2.45, 2.75) is 32.9 Å². The van der Waals surface area contributed by atoms with Crippen LogP contribution >= 0.6 is 11.6 Å². The fourth-order valence-corrected chi connectivity index (χ4v) is 2.24. The summed E-state index contributed by atoms with van der Waals surface area (Å²) in [5.41, 5.74) is 3.59. The lowest BCUT2D eigenvalue weighted by atomic mass is 10.0. The first-order chi connectivity index (χ1) is 9.20. The van der Waals surface area contributed by atoms with Gasteiger partial charge in [-0.1, -0.05) is 36.7 Å². The summed E-state index contributed by atoms with van der Waals surface area (Å²) in [4.78, 5) is 4.41. The van der Waals surface area contributed by atoms with Crippen molar-refractivity contribution in [3.8, 4) is 0 Å². The standard InChI is InChI=1S/C16H19ClN2/c1-3-15(13-6-8-14(17)9-7-13)19-11-16-12(2)5-4-10-18-16/h4-10,15,19H,3,11H2,1-2H3. The second-order valence-electron chi connectivity index (χ2n) is 4.66. The summed E-state index contributed by atoms with van der Waals surface area (Å²) in [6.45, 7) is 5.05. The fourth-order valence-electron chi connectivity index (χ4n) is 2.12. The molecule has 1 aromatic carbocycles. The number of nitrogens with zero attached hydrogens (tertiary/aromatic N) is 1. The largest absolute Gasteiger partial charge is 0.304 e. The quantitative estimate of drug-likeness (QED) is 0.880. The van der Waals surface area contributed by atoms with E-state index in [0.29, 0.717) is 6.04 Å². The SMILES string of the molecule is CCC(NCc1ncccc1C)c1ccc(Cl)cc1. The predicted octanol–water partition coefficient (Wildman–Crippen LogP) is 4.28. The minimum atomic E-state index is 0.332. The van der Waals surface area contributed by atoms with E-state index in [-0.39, 0.29) is 0 Å². The van der Waals surface area contributed by atoms with Gasteiger partial charge in [0.1, 0.15) is 0 Å². The van der Waals surface area contributed by atoms with Crippen LogP contribution in [0, 0.1) is 6.92 Å². The van der Waals surface area contributed by atoms with E-state index in [9.17, 15) is 0 Å². The maximum atomic E-state index is 5.92. The Morgan fingerprint density at radius 3 is 2.58 bits per heavy atom. The molecule has 0 bridgehead atoms. The summed E-state index contributed by atoms with van der Waals surface area (Å²) in [6, 6.07) is 12.4. The zero-order valence-electron chi connectivity index (χ0n) is 11.4. The molecule has 0 radical (unpaired) electrons. The fraction of sp³-hybridized carbons (Fsp3) is 0.312. The van der Waals surface area contributed by atoms with E-state index < -0.39 is 0 Å². The number of aromatic nitrogens is 1. The zero-order valence-corrected chi connectivity index (χ0v) is 12.1. The maximum absolute atomic E-state index is 5.92. The number of benzene rings is 1. The average Bonchev–Trinajstić information content (AvgIpc) is 2.43. The third kappa shape index (κ3) is 3.79. The van der Waals surface area contributed by atoms with Gasteiger partial charge in [-0.2, -0.15) is 0 Å². The monoisotopic (exact) mass is 274 g/mol. The van der Waals surface area contributed by atoms with Gasteiger partial charge in [0.25, 0.3) is 0 Å². The van der Waals surface area contributed by atoms with Crippen LogP contribution in [-0.4, -0.2) is 4.98 Å². The van der Waals surface area contributed by atoms with Gasteiger partial charge >= 0.3 is 0 Å². The van der Waals surface area contributed by atoms with Crippen LogP contribution in [0.3, 0.4) is 0 Å². The Bertz CT molecular complexity index is 523. The first kappa shape index (κ1) is 14.0. The molecule has 2 rings (SSSR count). The number of aryl methyl sites for hydroxylation is 1. The van der Waals surface area contributed by atoms with Crippen molar-refractivity contribution in [3.63, 3.8) is 0 Å². The zero-order chi connectivity index (χ0) is 13.7. The highest BCUT2D eigenvalue weighted by Gasteiger charge is 2.09. The highest BCUT2D eigenvalue weighted by atomic mass is 35.5. The molecule has 1 heterocycles. The van der Waals surface area contributed by atoms with Crippen LogP contribution in [0.15, 0.2) is 42.6 Å². The smallest absolute Gasteiger partial charge is 0.0570 e. The highest BCUT2D eigenvalue weighted by molar-refractivity contribution is 6.30. The minimum Gasteiger partial charge on any atom is -0.304 e. The van der Waals surface area contributed by atoms with Gasteiger partial charge in [-0.05, 0) is 42.7 Å². The molecule has 1 unspecified atom stereocenters. The molecule has 0 saturated carbocycles. The van der Waals surface area contributed by atoms with Gasteiger partial charge in [0.2, 0.25) is 0 Å². The van der Waals surface area contributed by atoms with Gasteiger partial charge in [0.15, 0.2) is 0 Å². The Kier molecular flexibility index (Phi) is 4.94. The van der Waals surface area contributed by atoms with Gasteiger partial charge in [-0.3, -0.25) is 4.98 Å². The van der Waals surface area contributed by atoms with Crippen LogP contribution in [0.5, 0.6) is 0 Å². The van der Waals surface area contributed by atoms with Crippen LogP contribution in [0.2, 0.25) is 5.02 Å². The summed E-state index contributed by atoms with van der Waals surface area (Å²) in [6.07, 6.45) is 2.88. The molecule has 0 fully saturated rings. The van der Waals surface area contributed by atoms with Crippen molar-refractivity contribution in [1.29, 1.82) is 0 Å². The van der Waals surface area contributed by atoms with Crippen molar-refractivity contribution >= 4 is 11.6 Å². The lowest BCUT2D eigenvalue weighted by molar-refractivity contribution is 0.513. The van der Waals surface area contributed by atoms with Crippen LogP contribution in [0.25, 0.3) is 0 Å². The molecule has 0 saturated heterocycles. The Hall–Kier alpha value is -1.38. The lowest BCUT2D eigenvalue weighted by Crippen LogP contribution is -2.21. The van der Waals surface area contributed by atoms with Gasteiger partial charge in [0, 0.05) is 23.8 Å². The van der Waals surface area contributed by atoms with Gasteiger partial charge < -0.3 is 5.32 Å². The topological polar surface area (TPSA) is 24.9 Å².